The van der Waals surface area contributed by atoms with Gasteiger partial charge in [-0.25, -0.2) is 0 Å². The molecule has 0 amide bonds. The Morgan fingerprint density at radius 2 is 1.90 bits per heavy atom. The summed E-state index contributed by atoms with van der Waals surface area (Å²) in [5.74, 6) is 1.14. The normalized spacial score (nSPS) is 27.7. The fourth-order valence-electron chi connectivity index (χ4n) is 3.31. The van der Waals surface area contributed by atoms with Gasteiger partial charge in [0.15, 0.2) is 0 Å². The Morgan fingerprint density at radius 3 is 2.45 bits per heavy atom. The zero-order valence-electron chi connectivity index (χ0n) is 12.7. The SMILES string of the molecule is CCCCCC(O)c1ccc([C@H]2CC[C@@H](Cl)[C@@H]2C)cc1. The number of halogens is 1. The first-order valence-electron chi connectivity index (χ1n) is 8.05. The summed E-state index contributed by atoms with van der Waals surface area (Å²) >= 11 is 6.32. The molecule has 0 radical (unpaired) electrons. The van der Waals surface area contributed by atoms with Crippen LogP contribution in [0, 0.1) is 5.92 Å². The van der Waals surface area contributed by atoms with Crippen LogP contribution in [-0.4, -0.2) is 10.5 Å². The second kappa shape index (κ2) is 7.47. The molecule has 2 rings (SSSR count). The number of rotatable bonds is 6. The summed E-state index contributed by atoms with van der Waals surface area (Å²) in [5, 5.41) is 10.5. The Labute approximate surface area is 128 Å². The van der Waals surface area contributed by atoms with Crippen molar-refractivity contribution in [2.75, 3.05) is 0 Å². The van der Waals surface area contributed by atoms with Crippen LogP contribution in [0.1, 0.15) is 75.5 Å². The first kappa shape index (κ1) is 15.9. The third-order valence-electron chi connectivity index (χ3n) is 4.79. The summed E-state index contributed by atoms with van der Waals surface area (Å²) in [6.07, 6.45) is 6.38. The monoisotopic (exact) mass is 294 g/mol. The van der Waals surface area contributed by atoms with Gasteiger partial charge in [-0.05, 0) is 42.2 Å². The Balaban J connectivity index is 1.96. The van der Waals surface area contributed by atoms with E-state index in [1.807, 2.05) is 0 Å². The van der Waals surface area contributed by atoms with Crippen molar-refractivity contribution < 1.29 is 5.11 Å². The van der Waals surface area contributed by atoms with Gasteiger partial charge in [0, 0.05) is 5.38 Å². The fraction of sp³-hybridized carbons (Fsp3) is 0.667. The van der Waals surface area contributed by atoms with Gasteiger partial charge in [-0.2, -0.15) is 0 Å². The molecule has 1 aliphatic rings. The number of hydrogen-bond donors (Lipinski definition) is 1. The van der Waals surface area contributed by atoms with Crippen LogP contribution < -0.4 is 0 Å². The summed E-state index contributed by atoms with van der Waals surface area (Å²) in [4.78, 5) is 0. The summed E-state index contributed by atoms with van der Waals surface area (Å²) in [6, 6.07) is 8.57. The van der Waals surface area contributed by atoms with E-state index >= 15 is 0 Å². The van der Waals surface area contributed by atoms with Gasteiger partial charge in [0.1, 0.15) is 0 Å². The molecular weight excluding hydrogens is 268 g/mol. The predicted molar refractivity (Wildman–Crippen MR) is 86.3 cm³/mol. The van der Waals surface area contributed by atoms with Crippen LogP contribution in [0.5, 0.6) is 0 Å². The Kier molecular flexibility index (Phi) is 5.92. The zero-order chi connectivity index (χ0) is 14.5. The second-order valence-corrected chi connectivity index (χ2v) is 6.80. The van der Waals surface area contributed by atoms with E-state index in [0.717, 1.165) is 24.8 Å². The first-order chi connectivity index (χ1) is 9.63. The topological polar surface area (TPSA) is 20.2 Å². The quantitative estimate of drug-likeness (QED) is 0.548. The van der Waals surface area contributed by atoms with Crippen molar-refractivity contribution in [1.29, 1.82) is 0 Å². The van der Waals surface area contributed by atoms with E-state index in [1.165, 1.54) is 24.8 Å². The Morgan fingerprint density at radius 1 is 1.20 bits per heavy atom. The molecule has 1 unspecified atom stereocenters. The maximum atomic E-state index is 10.2. The average molecular weight is 295 g/mol. The molecule has 1 aliphatic carbocycles. The van der Waals surface area contributed by atoms with Crippen molar-refractivity contribution in [2.45, 2.75) is 69.8 Å². The standard InChI is InChI=1S/C18H27ClO/c1-3-4-5-6-18(20)15-9-7-14(8-10-15)16-11-12-17(19)13(16)2/h7-10,13,16-18,20H,3-6,11-12H2,1-2H3/t13-,16+,17-,18?/m1/s1. The summed E-state index contributed by atoms with van der Waals surface area (Å²) in [5.41, 5.74) is 2.43. The molecule has 1 aromatic carbocycles. The van der Waals surface area contributed by atoms with Crippen LogP contribution in [0.2, 0.25) is 0 Å². The third-order valence-corrected chi connectivity index (χ3v) is 5.40. The number of aliphatic hydroxyl groups is 1. The molecule has 1 fully saturated rings. The first-order valence-corrected chi connectivity index (χ1v) is 8.49. The summed E-state index contributed by atoms with van der Waals surface area (Å²) in [6.45, 7) is 4.44. The van der Waals surface area contributed by atoms with Crippen LogP contribution in [0.25, 0.3) is 0 Å². The zero-order valence-corrected chi connectivity index (χ0v) is 13.4. The molecule has 0 spiro atoms. The third kappa shape index (κ3) is 3.77. The van der Waals surface area contributed by atoms with Crippen LogP contribution in [0.15, 0.2) is 24.3 Å². The lowest BCUT2D eigenvalue weighted by Crippen LogP contribution is -2.09. The molecule has 20 heavy (non-hydrogen) atoms. The van der Waals surface area contributed by atoms with Crippen LogP contribution in [0.4, 0.5) is 0 Å². The van der Waals surface area contributed by atoms with Crippen LogP contribution in [0.3, 0.4) is 0 Å². The van der Waals surface area contributed by atoms with Crippen molar-refractivity contribution in [3.8, 4) is 0 Å². The van der Waals surface area contributed by atoms with Gasteiger partial charge in [-0.1, -0.05) is 57.4 Å². The van der Waals surface area contributed by atoms with E-state index in [9.17, 15) is 5.11 Å². The van der Waals surface area contributed by atoms with E-state index in [1.54, 1.807) is 0 Å². The largest absolute Gasteiger partial charge is 0.388 e. The minimum atomic E-state index is -0.308. The van der Waals surface area contributed by atoms with Gasteiger partial charge < -0.3 is 5.11 Å². The van der Waals surface area contributed by atoms with E-state index in [4.69, 9.17) is 11.6 Å². The summed E-state index contributed by atoms with van der Waals surface area (Å²) < 4.78 is 0. The molecule has 0 saturated heterocycles. The second-order valence-electron chi connectivity index (χ2n) is 6.24. The van der Waals surface area contributed by atoms with Crippen molar-refractivity contribution in [2.24, 2.45) is 5.92 Å². The lowest BCUT2D eigenvalue weighted by molar-refractivity contribution is 0.163. The van der Waals surface area contributed by atoms with E-state index in [2.05, 4.69) is 38.1 Å². The van der Waals surface area contributed by atoms with E-state index < -0.39 is 0 Å². The number of alkyl halides is 1. The predicted octanol–water partition coefficient (Wildman–Crippen LogP) is 5.42. The highest BCUT2D eigenvalue weighted by atomic mass is 35.5. The molecule has 0 aliphatic heterocycles. The molecule has 2 heteroatoms. The summed E-state index contributed by atoms with van der Waals surface area (Å²) in [7, 11) is 0. The van der Waals surface area contributed by atoms with Crippen LogP contribution in [-0.2, 0) is 0 Å². The molecule has 1 aromatic rings. The van der Waals surface area contributed by atoms with E-state index in [0.29, 0.717) is 17.2 Å². The van der Waals surface area contributed by atoms with Gasteiger partial charge in [-0.3, -0.25) is 0 Å². The van der Waals surface area contributed by atoms with E-state index in [-0.39, 0.29) is 6.10 Å². The van der Waals surface area contributed by atoms with Gasteiger partial charge in [0.25, 0.3) is 0 Å². The van der Waals surface area contributed by atoms with Gasteiger partial charge in [0.2, 0.25) is 0 Å². The van der Waals surface area contributed by atoms with Crippen LogP contribution >= 0.6 is 11.6 Å². The molecule has 112 valence electrons. The Bertz CT molecular complexity index is 400. The number of hydrogen-bond acceptors (Lipinski definition) is 1. The fourth-order valence-corrected chi connectivity index (χ4v) is 3.61. The molecule has 4 atom stereocenters. The molecule has 1 N–H and O–H groups in total. The lowest BCUT2D eigenvalue weighted by atomic mass is 9.89. The molecule has 1 saturated carbocycles. The lowest BCUT2D eigenvalue weighted by Gasteiger charge is -2.18. The van der Waals surface area contributed by atoms with Crippen molar-refractivity contribution in [3.63, 3.8) is 0 Å². The number of unbranched alkanes of at least 4 members (excludes halogenated alkanes) is 2. The Hall–Kier alpha value is -0.530. The molecule has 0 bridgehead atoms. The molecule has 1 nitrogen and oxygen atoms in total. The highest BCUT2D eigenvalue weighted by molar-refractivity contribution is 6.21. The number of aliphatic hydroxyl groups excluding tert-OH is 1. The van der Waals surface area contributed by atoms with Gasteiger partial charge in [0.05, 0.1) is 6.10 Å². The maximum absolute atomic E-state index is 10.2. The van der Waals surface area contributed by atoms with Crippen molar-refractivity contribution in [1.82, 2.24) is 0 Å². The molecule has 0 heterocycles. The highest BCUT2D eigenvalue weighted by Gasteiger charge is 2.32. The number of benzene rings is 1. The molecular formula is C18H27ClO. The highest BCUT2D eigenvalue weighted by Crippen LogP contribution is 2.42. The minimum absolute atomic E-state index is 0.308. The van der Waals surface area contributed by atoms with Gasteiger partial charge >= 0.3 is 0 Å². The molecule has 0 aromatic heterocycles. The van der Waals surface area contributed by atoms with Gasteiger partial charge in [-0.15, -0.1) is 11.6 Å². The maximum Gasteiger partial charge on any atom is 0.0790 e. The smallest absolute Gasteiger partial charge is 0.0790 e. The van der Waals surface area contributed by atoms with Crippen molar-refractivity contribution >= 4 is 11.6 Å². The average Bonchev–Trinajstić information content (AvgIpc) is 2.79. The van der Waals surface area contributed by atoms with Crippen molar-refractivity contribution in [3.05, 3.63) is 35.4 Å². The minimum Gasteiger partial charge on any atom is -0.388 e.